The Morgan fingerprint density at radius 3 is 2.61 bits per heavy atom. The molecule has 2 aromatic carbocycles. The standard InChI is InChI=1S/C25H29N3O3/c29-24(12-6-9-19-7-2-1-3-8-19)27-23-11-5-4-10-20(23)15-26-25(30)28-14-13-21-17-31-18-22(21)16-28/h1-5,7-8,10-11H,6,9,12-18H2,(H,26,30)(H,27,29). The van der Waals surface area contributed by atoms with E-state index in [0.717, 1.165) is 30.5 Å². The van der Waals surface area contributed by atoms with Crippen LogP contribution in [0.3, 0.4) is 0 Å². The summed E-state index contributed by atoms with van der Waals surface area (Å²) < 4.78 is 5.48. The monoisotopic (exact) mass is 419 g/mol. The first-order valence-corrected chi connectivity index (χ1v) is 10.9. The summed E-state index contributed by atoms with van der Waals surface area (Å²) in [6.07, 6.45) is 3.03. The maximum atomic E-state index is 12.6. The number of urea groups is 1. The number of ether oxygens (including phenoxy) is 1. The first-order chi connectivity index (χ1) is 15.2. The van der Waals surface area contributed by atoms with Gasteiger partial charge in [0.25, 0.3) is 0 Å². The van der Waals surface area contributed by atoms with E-state index in [1.807, 2.05) is 47.4 Å². The Bertz CT molecular complexity index is 955. The number of nitrogens with one attached hydrogen (secondary N) is 2. The van der Waals surface area contributed by atoms with E-state index >= 15 is 0 Å². The Labute approximate surface area is 183 Å². The minimum Gasteiger partial charge on any atom is -0.373 e. The molecule has 162 valence electrons. The minimum absolute atomic E-state index is 0.00793. The van der Waals surface area contributed by atoms with Crippen molar-refractivity contribution in [3.63, 3.8) is 0 Å². The highest BCUT2D eigenvalue weighted by atomic mass is 16.5. The molecule has 3 amide bonds. The number of carbonyl (C=O) groups excluding carboxylic acids is 2. The van der Waals surface area contributed by atoms with Crippen molar-refractivity contribution in [3.05, 3.63) is 76.9 Å². The van der Waals surface area contributed by atoms with Gasteiger partial charge in [0.05, 0.1) is 13.2 Å². The molecular formula is C25H29N3O3. The fraction of sp³-hybridized carbons (Fsp3) is 0.360. The highest BCUT2D eigenvalue weighted by Crippen LogP contribution is 2.23. The normalized spacial score (nSPS) is 15.5. The predicted octanol–water partition coefficient (Wildman–Crippen LogP) is 3.89. The second-order valence-corrected chi connectivity index (χ2v) is 8.07. The zero-order valence-corrected chi connectivity index (χ0v) is 17.7. The maximum absolute atomic E-state index is 12.6. The van der Waals surface area contributed by atoms with E-state index < -0.39 is 0 Å². The lowest BCUT2D eigenvalue weighted by molar-refractivity contribution is -0.116. The molecule has 2 aliphatic heterocycles. The zero-order chi connectivity index (χ0) is 21.5. The fourth-order valence-electron chi connectivity index (χ4n) is 4.05. The molecule has 2 aliphatic rings. The zero-order valence-electron chi connectivity index (χ0n) is 17.7. The molecule has 6 nitrogen and oxygen atoms in total. The van der Waals surface area contributed by atoms with Crippen LogP contribution in [0.25, 0.3) is 0 Å². The number of benzene rings is 2. The van der Waals surface area contributed by atoms with Crippen molar-refractivity contribution < 1.29 is 14.3 Å². The predicted molar refractivity (Wildman–Crippen MR) is 121 cm³/mol. The van der Waals surface area contributed by atoms with Crippen molar-refractivity contribution in [3.8, 4) is 0 Å². The van der Waals surface area contributed by atoms with Gasteiger partial charge in [0.2, 0.25) is 5.91 Å². The van der Waals surface area contributed by atoms with Gasteiger partial charge < -0.3 is 20.3 Å². The molecule has 0 aromatic heterocycles. The van der Waals surface area contributed by atoms with Gasteiger partial charge in [-0.1, -0.05) is 48.5 Å². The second-order valence-electron chi connectivity index (χ2n) is 8.07. The lowest BCUT2D eigenvalue weighted by Crippen LogP contribution is -2.43. The number of carbonyl (C=O) groups is 2. The number of aryl methyl sites for hydroxylation is 1. The van der Waals surface area contributed by atoms with Gasteiger partial charge in [0.1, 0.15) is 0 Å². The molecule has 0 fully saturated rings. The van der Waals surface area contributed by atoms with E-state index in [4.69, 9.17) is 4.74 Å². The minimum atomic E-state index is -0.0811. The van der Waals surface area contributed by atoms with Crippen LogP contribution in [0.15, 0.2) is 65.7 Å². The molecule has 6 heteroatoms. The number of hydrogen-bond acceptors (Lipinski definition) is 3. The number of anilines is 1. The van der Waals surface area contributed by atoms with E-state index in [9.17, 15) is 9.59 Å². The van der Waals surface area contributed by atoms with Gasteiger partial charge in [-0.05, 0) is 47.6 Å². The number of para-hydroxylation sites is 1. The fourth-order valence-corrected chi connectivity index (χ4v) is 4.05. The van der Waals surface area contributed by atoms with Crippen molar-refractivity contribution in [1.29, 1.82) is 0 Å². The van der Waals surface area contributed by atoms with E-state index in [0.29, 0.717) is 39.3 Å². The summed E-state index contributed by atoms with van der Waals surface area (Å²) in [5.41, 5.74) is 5.48. The SMILES string of the molecule is O=C(CCCc1ccccc1)Nc1ccccc1CNC(=O)N1CCC2=C(COC2)C1. The smallest absolute Gasteiger partial charge is 0.317 e. The molecule has 2 N–H and O–H groups in total. The third-order valence-electron chi connectivity index (χ3n) is 5.84. The summed E-state index contributed by atoms with van der Waals surface area (Å²) in [4.78, 5) is 26.9. The molecule has 2 aromatic rings. The van der Waals surface area contributed by atoms with Crippen molar-refractivity contribution >= 4 is 17.6 Å². The molecule has 0 aliphatic carbocycles. The van der Waals surface area contributed by atoms with Crippen molar-refractivity contribution in [2.45, 2.75) is 32.2 Å². The van der Waals surface area contributed by atoms with Crippen molar-refractivity contribution in [2.24, 2.45) is 0 Å². The van der Waals surface area contributed by atoms with E-state index in [1.165, 1.54) is 16.7 Å². The molecule has 31 heavy (non-hydrogen) atoms. The largest absolute Gasteiger partial charge is 0.373 e. The molecule has 0 atom stereocenters. The average molecular weight is 420 g/mol. The van der Waals surface area contributed by atoms with Gasteiger partial charge in [-0.3, -0.25) is 4.79 Å². The summed E-state index contributed by atoms with van der Waals surface area (Å²) >= 11 is 0. The third kappa shape index (κ3) is 5.73. The molecule has 0 bridgehead atoms. The topological polar surface area (TPSA) is 70.7 Å². The summed E-state index contributed by atoms with van der Waals surface area (Å²) in [5.74, 6) is -0.00793. The molecule has 0 saturated heterocycles. The molecule has 2 heterocycles. The quantitative estimate of drug-likeness (QED) is 0.669. The van der Waals surface area contributed by atoms with Gasteiger partial charge in [0.15, 0.2) is 0 Å². The Balaban J connectivity index is 1.26. The van der Waals surface area contributed by atoms with Crippen LogP contribution in [0.1, 0.15) is 30.4 Å². The maximum Gasteiger partial charge on any atom is 0.317 e. The number of amides is 3. The van der Waals surface area contributed by atoms with Crippen LogP contribution in [-0.2, 0) is 22.5 Å². The average Bonchev–Trinajstić information content (AvgIpc) is 3.27. The van der Waals surface area contributed by atoms with Gasteiger partial charge in [-0.25, -0.2) is 4.79 Å². The first kappa shape index (κ1) is 21.1. The molecular weight excluding hydrogens is 390 g/mol. The van der Waals surface area contributed by atoms with Gasteiger partial charge in [-0.15, -0.1) is 0 Å². The third-order valence-corrected chi connectivity index (χ3v) is 5.84. The molecule has 0 saturated carbocycles. The lowest BCUT2D eigenvalue weighted by atomic mass is 10.0. The Morgan fingerprint density at radius 1 is 0.968 bits per heavy atom. The highest BCUT2D eigenvalue weighted by Gasteiger charge is 2.25. The highest BCUT2D eigenvalue weighted by molar-refractivity contribution is 5.91. The van der Waals surface area contributed by atoms with Gasteiger partial charge in [0, 0.05) is 31.7 Å². The van der Waals surface area contributed by atoms with Crippen LogP contribution in [0, 0.1) is 0 Å². The van der Waals surface area contributed by atoms with Crippen LogP contribution in [0.4, 0.5) is 10.5 Å². The van der Waals surface area contributed by atoms with E-state index in [2.05, 4.69) is 22.8 Å². The Kier molecular flexibility index (Phi) is 6.99. The Hall–Kier alpha value is -3.12. The first-order valence-electron chi connectivity index (χ1n) is 10.9. The molecule has 0 radical (unpaired) electrons. The van der Waals surface area contributed by atoms with E-state index in [-0.39, 0.29) is 11.9 Å². The number of hydrogen-bond donors (Lipinski definition) is 2. The van der Waals surface area contributed by atoms with Crippen LogP contribution in [-0.4, -0.2) is 43.1 Å². The van der Waals surface area contributed by atoms with Crippen molar-refractivity contribution in [2.75, 3.05) is 31.6 Å². The van der Waals surface area contributed by atoms with Gasteiger partial charge in [-0.2, -0.15) is 0 Å². The van der Waals surface area contributed by atoms with Crippen molar-refractivity contribution in [1.82, 2.24) is 10.2 Å². The molecule has 0 unspecified atom stereocenters. The summed E-state index contributed by atoms with van der Waals surface area (Å²) in [6, 6.07) is 17.7. The summed E-state index contributed by atoms with van der Waals surface area (Å²) in [6.45, 7) is 3.08. The summed E-state index contributed by atoms with van der Waals surface area (Å²) in [5, 5.41) is 6.00. The van der Waals surface area contributed by atoms with Crippen LogP contribution in [0.2, 0.25) is 0 Å². The molecule has 0 spiro atoms. The van der Waals surface area contributed by atoms with Crippen LogP contribution >= 0.6 is 0 Å². The number of nitrogens with zero attached hydrogens (tertiary/aromatic N) is 1. The summed E-state index contributed by atoms with van der Waals surface area (Å²) in [7, 11) is 0. The van der Waals surface area contributed by atoms with Crippen LogP contribution in [0.5, 0.6) is 0 Å². The van der Waals surface area contributed by atoms with Gasteiger partial charge >= 0.3 is 6.03 Å². The van der Waals surface area contributed by atoms with Crippen LogP contribution < -0.4 is 10.6 Å². The van der Waals surface area contributed by atoms with E-state index in [1.54, 1.807) is 0 Å². The second kappa shape index (κ2) is 10.3. The molecule has 4 rings (SSSR count). The number of rotatable bonds is 7. The Morgan fingerprint density at radius 2 is 1.74 bits per heavy atom. The lowest BCUT2D eigenvalue weighted by Gasteiger charge is -2.28.